The van der Waals surface area contributed by atoms with E-state index in [-0.39, 0.29) is 11.3 Å². The van der Waals surface area contributed by atoms with E-state index in [1.807, 2.05) is 24.3 Å². The molecule has 5 heteroatoms. The van der Waals surface area contributed by atoms with Crippen LogP contribution in [0.2, 0.25) is 0 Å². The van der Waals surface area contributed by atoms with Gasteiger partial charge in [0.15, 0.2) is 17.4 Å². The van der Waals surface area contributed by atoms with Crippen LogP contribution in [0, 0.1) is 11.6 Å². The Bertz CT molecular complexity index is 658. The first-order valence-electron chi connectivity index (χ1n) is 6.31. The highest BCUT2D eigenvalue weighted by atomic mass is 32.2. The predicted octanol–water partition coefficient (Wildman–Crippen LogP) is 4.34. The third-order valence-corrected chi connectivity index (χ3v) is 4.02. The standard InChI is InChI=1S/C16H14F2O2S/c1-10(21-13-5-3-4-12(9-13)20-2)16(19)11-6-7-14(17)15(18)8-11/h3-10H,1-2H3. The molecule has 0 radical (unpaired) electrons. The largest absolute Gasteiger partial charge is 0.497 e. The fourth-order valence-electron chi connectivity index (χ4n) is 1.82. The SMILES string of the molecule is COc1cccc(SC(C)C(=O)c2ccc(F)c(F)c2)c1. The maximum atomic E-state index is 13.2. The summed E-state index contributed by atoms with van der Waals surface area (Å²) in [6.07, 6.45) is 0. The first kappa shape index (κ1) is 15.5. The Balaban J connectivity index is 2.13. The van der Waals surface area contributed by atoms with E-state index >= 15 is 0 Å². The molecule has 1 atom stereocenters. The number of ketones is 1. The third kappa shape index (κ3) is 3.82. The first-order chi connectivity index (χ1) is 10.0. The number of benzene rings is 2. The Morgan fingerprint density at radius 1 is 1.14 bits per heavy atom. The Kier molecular flexibility index (Phi) is 4.96. The molecule has 0 saturated heterocycles. The van der Waals surface area contributed by atoms with Crippen molar-refractivity contribution in [3.8, 4) is 5.75 Å². The van der Waals surface area contributed by atoms with Crippen molar-refractivity contribution in [3.05, 3.63) is 59.7 Å². The van der Waals surface area contributed by atoms with Crippen molar-refractivity contribution in [2.75, 3.05) is 7.11 Å². The number of methoxy groups -OCH3 is 1. The van der Waals surface area contributed by atoms with Gasteiger partial charge in [-0.25, -0.2) is 8.78 Å². The van der Waals surface area contributed by atoms with Gasteiger partial charge in [-0.05, 0) is 43.3 Å². The van der Waals surface area contributed by atoms with Gasteiger partial charge >= 0.3 is 0 Å². The van der Waals surface area contributed by atoms with E-state index in [2.05, 4.69) is 0 Å². The highest BCUT2D eigenvalue weighted by Gasteiger charge is 2.18. The van der Waals surface area contributed by atoms with Gasteiger partial charge in [0.05, 0.1) is 12.4 Å². The Hall–Kier alpha value is -1.88. The maximum absolute atomic E-state index is 13.2. The van der Waals surface area contributed by atoms with Crippen molar-refractivity contribution in [2.45, 2.75) is 17.1 Å². The number of carbonyl (C=O) groups excluding carboxylic acids is 1. The fourth-order valence-corrected chi connectivity index (χ4v) is 2.81. The number of Topliss-reactive ketones (excluding diaryl/α,β-unsaturated/α-hetero) is 1. The maximum Gasteiger partial charge on any atom is 0.175 e. The molecule has 0 fully saturated rings. The second-order valence-electron chi connectivity index (χ2n) is 4.43. The van der Waals surface area contributed by atoms with Crippen LogP contribution in [0.15, 0.2) is 47.4 Å². The van der Waals surface area contributed by atoms with Gasteiger partial charge in [0.25, 0.3) is 0 Å². The minimum Gasteiger partial charge on any atom is -0.497 e. The number of ether oxygens (including phenoxy) is 1. The van der Waals surface area contributed by atoms with E-state index in [9.17, 15) is 13.6 Å². The van der Waals surface area contributed by atoms with Crippen LogP contribution < -0.4 is 4.74 Å². The Labute approximate surface area is 126 Å². The molecule has 2 aromatic rings. The van der Waals surface area contributed by atoms with Gasteiger partial charge in [0, 0.05) is 10.5 Å². The zero-order chi connectivity index (χ0) is 15.4. The molecule has 1 unspecified atom stereocenters. The molecule has 2 nitrogen and oxygen atoms in total. The minimum absolute atomic E-state index is 0.164. The molecule has 0 amide bonds. The molecule has 0 aliphatic rings. The highest BCUT2D eigenvalue weighted by Crippen LogP contribution is 2.28. The van der Waals surface area contributed by atoms with Crippen molar-refractivity contribution < 1.29 is 18.3 Å². The lowest BCUT2D eigenvalue weighted by atomic mass is 10.1. The van der Waals surface area contributed by atoms with Crippen molar-refractivity contribution >= 4 is 17.5 Å². The topological polar surface area (TPSA) is 26.3 Å². The van der Waals surface area contributed by atoms with Crippen LogP contribution in [0.4, 0.5) is 8.78 Å². The molecule has 0 aliphatic heterocycles. The summed E-state index contributed by atoms with van der Waals surface area (Å²) in [4.78, 5) is 13.1. The van der Waals surface area contributed by atoms with Gasteiger partial charge in [-0.1, -0.05) is 6.07 Å². The van der Waals surface area contributed by atoms with E-state index in [1.54, 1.807) is 14.0 Å². The van der Waals surface area contributed by atoms with Crippen LogP contribution >= 0.6 is 11.8 Å². The van der Waals surface area contributed by atoms with Gasteiger partial charge in [-0.3, -0.25) is 4.79 Å². The molecule has 2 rings (SSSR count). The van der Waals surface area contributed by atoms with Crippen molar-refractivity contribution in [2.24, 2.45) is 0 Å². The molecule has 0 N–H and O–H groups in total. The average molecular weight is 308 g/mol. The number of hydrogen-bond acceptors (Lipinski definition) is 3. The van der Waals surface area contributed by atoms with Crippen LogP contribution in [0.3, 0.4) is 0 Å². The van der Waals surface area contributed by atoms with Crippen LogP contribution in [0.1, 0.15) is 17.3 Å². The summed E-state index contributed by atoms with van der Waals surface area (Å²) in [6, 6.07) is 10.5. The number of thioether (sulfide) groups is 1. The van der Waals surface area contributed by atoms with Gasteiger partial charge in [0.1, 0.15) is 5.75 Å². The van der Waals surface area contributed by atoms with E-state index in [4.69, 9.17) is 4.74 Å². The summed E-state index contributed by atoms with van der Waals surface area (Å²) in [5.41, 5.74) is 0.164. The van der Waals surface area contributed by atoms with Crippen molar-refractivity contribution in [1.82, 2.24) is 0 Å². The summed E-state index contributed by atoms with van der Waals surface area (Å²) in [5, 5.41) is -0.415. The van der Waals surface area contributed by atoms with Crippen molar-refractivity contribution in [3.63, 3.8) is 0 Å². The Morgan fingerprint density at radius 3 is 2.57 bits per heavy atom. The van der Waals surface area contributed by atoms with E-state index in [0.29, 0.717) is 5.75 Å². The minimum atomic E-state index is -1.01. The summed E-state index contributed by atoms with van der Waals surface area (Å²) in [5.74, 6) is -1.52. The zero-order valence-electron chi connectivity index (χ0n) is 11.6. The summed E-state index contributed by atoms with van der Waals surface area (Å²) in [7, 11) is 1.57. The lowest BCUT2D eigenvalue weighted by Crippen LogP contribution is -2.13. The number of hydrogen-bond donors (Lipinski definition) is 0. The smallest absolute Gasteiger partial charge is 0.175 e. The van der Waals surface area contributed by atoms with Gasteiger partial charge in [-0.15, -0.1) is 11.8 Å². The van der Waals surface area contributed by atoms with Crippen molar-refractivity contribution in [1.29, 1.82) is 0 Å². The summed E-state index contributed by atoms with van der Waals surface area (Å²) >= 11 is 1.34. The van der Waals surface area contributed by atoms with Crippen LogP contribution in [0.25, 0.3) is 0 Å². The van der Waals surface area contributed by atoms with E-state index in [1.165, 1.54) is 17.8 Å². The average Bonchev–Trinajstić information content (AvgIpc) is 2.49. The van der Waals surface area contributed by atoms with Crippen LogP contribution in [-0.2, 0) is 0 Å². The first-order valence-corrected chi connectivity index (χ1v) is 7.19. The van der Waals surface area contributed by atoms with E-state index in [0.717, 1.165) is 17.0 Å². The fraction of sp³-hybridized carbons (Fsp3) is 0.188. The molecule has 0 aromatic heterocycles. The summed E-state index contributed by atoms with van der Waals surface area (Å²) in [6.45, 7) is 1.73. The predicted molar refractivity (Wildman–Crippen MR) is 79.0 cm³/mol. The normalized spacial score (nSPS) is 12.0. The highest BCUT2D eigenvalue weighted by molar-refractivity contribution is 8.00. The molecule has 0 saturated carbocycles. The quantitative estimate of drug-likeness (QED) is 0.607. The molecule has 110 valence electrons. The molecule has 0 aliphatic carbocycles. The second-order valence-corrected chi connectivity index (χ2v) is 5.85. The number of halogens is 2. The molecule has 2 aromatic carbocycles. The molecule has 0 bridgehead atoms. The van der Waals surface area contributed by atoms with Crippen LogP contribution in [0.5, 0.6) is 5.75 Å². The molecule has 0 spiro atoms. The molecular weight excluding hydrogens is 294 g/mol. The molecule has 21 heavy (non-hydrogen) atoms. The number of carbonyl (C=O) groups is 1. The van der Waals surface area contributed by atoms with Crippen LogP contribution in [-0.4, -0.2) is 18.1 Å². The summed E-state index contributed by atoms with van der Waals surface area (Å²) < 4.78 is 31.2. The monoisotopic (exact) mass is 308 g/mol. The zero-order valence-corrected chi connectivity index (χ0v) is 12.4. The lowest BCUT2D eigenvalue weighted by molar-refractivity contribution is 0.0993. The lowest BCUT2D eigenvalue weighted by Gasteiger charge is -2.11. The second kappa shape index (κ2) is 6.72. The van der Waals surface area contributed by atoms with Gasteiger partial charge < -0.3 is 4.74 Å². The van der Waals surface area contributed by atoms with E-state index < -0.39 is 16.9 Å². The molecule has 0 heterocycles. The Morgan fingerprint density at radius 2 is 1.90 bits per heavy atom. The molecular formula is C16H14F2O2S. The van der Waals surface area contributed by atoms with Gasteiger partial charge in [-0.2, -0.15) is 0 Å². The van der Waals surface area contributed by atoms with Gasteiger partial charge in [0.2, 0.25) is 0 Å². The number of rotatable bonds is 5. The third-order valence-electron chi connectivity index (χ3n) is 2.93.